The molecule has 1 spiro atoms. The fourth-order valence-corrected chi connectivity index (χ4v) is 4.67. The van der Waals surface area contributed by atoms with Crippen molar-refractivity contribution in [3.63, 3.8) is 0 Å². The van der Waals surface area contributed by atoms with Gasteiger partial charge in [-0.2, -0.15) is 4.31 Å². The van der Waals surface area contributed by atoms with Gasteiger partial charge in [0.25, 0.3) is 0 Å². The molecule has 1 aromatic carbocycles. The van der Waals surface area contributed by atoms with Crippen LogP contribution in [0.25, 0.3) is 0 Å². The first-order chi connectivity index (χ1) is 9.52. The molecule has 0 bridgehead atoms. The Labute approximate surface area is 127 Å². The minimum Gasteiger partial charge on any atom is -0.347 e. The molecule has 2 aliphatic rings. The first kappa shape index (κ1) is 14.5. The number of piperidine rings is 1. The number of hydrogen-bond acceptors (Lipinski definition) is 4. The standard InChI is InChI=1S/C13H16BrNO4S/c14-11-2-1-3-12(10-11)20(16,17)15-6-4-13(5-7-15)18-8-9-19-13/h1-3,10H,4-9H2. The summed E-state index contributed by atoms with van der Waals surface area (Å²) in [4.78, 5) is 0.316. The van der Waals surface area contributed by atoms with Gasteiger partial charge in [0.1, 0.15) is 0 Å². The summed E-state index contributed by atoms with van der Waals surface area (Å²) >= 11 is 3.30. The molecule has 2 saturated heterocycles. The molecule has 7 heteroatoms. The number of halogens is 1. The lowest BCUT2D eigenvalue weighted by Gasteiger charge is -2.36. The number of rotatable bonds is 2. The van der Waals surface area contributed by atoms with Gasteiger partial charge in [0.2, 0.25) is 10.0 Å². The first-order valence-corrected chi connectivity index (χ1v) is 8.79. The molecule has 0 N–H and O–H groups in total. The van der Waals surface area contributed by atoms with E-state index in [1.165, 1.54) is 4.31 Å². The summed E-state index contributed by atoms with van der Waals surface area (Å²) in [5.74, 6) is -0.552. The molecule has 1 aromatic rings. The molecule has 0 aromatic heterocycles. The van der Waals surface area contributed by atoms with E-state index >= 15 is 0 Å². The first-order valence-electron chi connectivity index (χ1n) is 6.56. The lowest BCUT2D eigenvalue weighted by molar-refractivity contribution is -0.179. The Hall–Kier alpha value is -0.470. The van der Waals surface area contributed by atoms with Crippen molar-refractivity contribution in [3.05, 3.63) is 28.7 Å². The van der Waals surface area contributed by atoms with Crippen LogP contribution in [0.3, 0.4) is 0 Å². The molecule has 2 fully saturated rings. The molecule has 0 atom stereocenters. The molecular weight excluding hydrogens is 346 g/mol. The molecule has 3 rings (SSSR count). The molecule has 0 aliphatic carbocycles. The summed E-state index contributed by atoms with van der Waals surface area (Å²) in [7, 11) is -3.44. The van der Waals surface area contributed by atoms with Crippen LogP contribution in [-0.4, -0.2) is 44.8 Å². The van der Waals surface area contributed by atoms with Gasteiger partial charge in [-0.15, -0.1) is 0 Å². The van der Waals surface area contributed by atoms with Crippen LogP contribution in [0, 0.1) is 0 Å². The number of hydrogen-bond donors (Lipinski definition) is 0. The minimum atomic E-state index is -3.44. The number of benzene rings is 1. The molecule has 0 amide bonds. The van der Waals surface area contributed by atoms with Crippen LogP contribution in [-0.2, 0) is 19.5 Å². The lowest BCUT2D eigenvalue weighted by Crippen LogP contribution is -2.47. The van der Waals surface area contributed by atoms with E-state index in [2.05, 4.69) is 15.9 Å². The molecular formula is C13H16BrNO4S. The highest BCUT2D eigenvalue weighted by Crippen LogP contribution is 2.33. The van der Waals surface area contributed by atoms with Gasteiger partial charge in [0.15, 0.2) is 5.79 Å². The van der Waals surface area contributed by atoms with Crippen molar-refractivity contribution in [1.29, 1.82) is 0 Å². The van der Waals surface area contributed by atoms with Crippen molar-refractivity contribution < 1.29 is 17.9 Å². The van der Waals surface area contributed by atoms with Gasteiger partial charge in [0.05, 0.1) is 18.1 Å². The Kier molecular flexibility index (Phi) is 3.89. The van der Waals surface area contributed by atoms with Crippen LogP contribution in [0.4, 0.5) is 0 Å². The van der Waals surface area contributed by atoms with E-state index in [0.29, 0.717) is 44.0 Å². The summed E-state index contributed by atoms with van der Waals surface area (Å²) in [6.07, 6.45) is 1.17. The largest absolute Gasteiger partial charge is 0.347 e. The smallest absolute Gasteiger partial charge is 0.243 e. The van der Waals surface area contributed by atoms with Gasteiger partial charge in [-0.05, 0) is 18.2 Å². The molecule has 5 nitrogen and oxygen atoms in total. The van der Waals surface area contributed by atoms with E-state index in [0.717, 1.165) is 4.47 Å². The SMILES string of the molecule is O=S(=O)(c1cccc(Br)c1)N1CCC2(CC1)OCCO2. The second-order valence-electron chi connectivity index (χ2n) is 4.97. The average molecular weight is 362 g/mol. The molecule has 0 radical (unpaired) electrons. The van der Waals surface area contributed by atoms with Gasteiger partial charge in [-0.25, -0.2) is 8.42 Å². The maximum Gasteiger partial charge on any atom is 0.243 e. The van der Waals surface area contributed by atoms with Crippen LogP contribution in [0.2, 0.25) is 0 Å². The fraction of sp³-hybridized carbons (Fsp3) is 0.538. The highest BCUT2D eigenvalue weighted by molar-refractivity contribution is 9.10. The second-order valence-corrected chi connectivity index (χ2v) is 7.82. The fourth-order valence-electron chi connectivity index (χ4n) is 2.63. The van der Waals surface area contributed by atoms with Crippen LogP contribution < -0.4 is 0 Å². The maximum atomic E-state index is 12.6. The molecule has 2 heterocycles. The predicted molar refractivity (Wildman–Crippen MR) is 76.8 cm³/mol. The Morgan fingerprint density at radius 3 is 2.40 bits per heavy atom. The molecule has 20 heavy (non-hydrogen) atoms. The Morgan fingerprint density at radius 1 is 1.15 bits per heavy atom. The monoisotopic (exact) mass is 361 g/mol. The summed E-state index contributed by atoms with van der Waals surface area (Å²) in [5.41, 5.74) is 0. The zero-order valence-electron chi connectivity index (χ0n) is 10.9. The van der Waals surface area contributed by atoms with E-state index in [-0.39, 0.29) is 0 Å². The van der Waals surface area contributed by atoms with Gasteiger partial charge in [-0.1, -0.05) is 22.0 Å². The van der Waals surface area contributed by atoms with Crippen LogP contribution in [0.1, 0.15) is 12.8 Å². The third-order valence-electron chi connectivity index (χ3n) is 3.73. The van der Waals surface area contributed by atoms with Gasteiger partial charge >= 0.3 is 0 Å². The van der Waals surface area contributed by atoms with Crippen molar-refractivity contribution in [2.24, 2.45) is 0 Å². The molecule has 110 valence electrons. The molecule has 0 unspecified atom stereocenters. The van der Waals surface area contributed by atoms with Gasteiger partial charge in [-0.3, -0.25) is 0 Å². The van der Waals surface area contributed by atoms with Crippen LogP contribution in [0.15, 0.2) is 33.6 Å². The lowest BCUT2D eigenvalue weighted by atomic mass is 10.1. The Morgan fingerprint density at radius 2 is 1.80 bits per heavy atom. The van der Waals surface area contributed by atoms with E-state index in [1.54, 1.807) is 18.2 Å². The van der Waals surface area contributed by atoms with Crippen LogP contribution >= 0.6 is 15.9 Å². The Balaban J connectivity index is 1.77. The van der Waals surface area contributed by atoms with E-state index in [1.807, 2.05) is 6.07 Å². The zero-order chi connectivity index (χ0) is 14.2. The predicted octanol–water partition coefficient (Wildman–Crippen LogP) is 1.98. The van der Waals surface area contributed by atoms with Gasteiger partial charge in [0, 0.05) is 30.4 Å². The van der Waals surface area contributed by atoms with Gasteiger partial charge < -0.3 is 9.47 Å². The van der Waals surface area contributed by atoms with Crippen LogP contribution in [0.5, 0.6) is 0 Å². The zero-order valence-corrected chi connectivity index (χ0v) is 13.3. The average Bonchev–Trinajstić information content (AvgIpc) is 2.87. The van der Waals surface area contributed by atoms with Crippen molar-refractivity contribution in [1.82, 2.24) is 4.31 Å². The normalized spacial score (nSPS) is 23.2. The van der Waals surface area contributed by atoms with E-state index in [9.17, 15) is 8.42 Å². The summed E-state index contributed by atoms with van der Waals surface area (Å²) in [5, 5.41) is 0. The minimum absolute atomic E-state index is 0.316. The molecule has 2 aliphatic heterocycles. The second kappa shape index (κ2) is 5.38. The summed E-state index contributed by atoms with van der Waals surface area (Å²) < 4.78 is 38.6. The number of sulfonamides is 1. The molecule has 0 saturated carbocycles. The van der Waals surface area contributed by atoms with E-state index < -0.39 is 15.8 Å². The van der Waals surface area contributed by atoms with Crippen molar-refractivity contribution >= 4 is 26.0 Å². The highest BCUT2D eigenvalue weighted by Gasteiger charge is 2.42. The Bertz CT molecular complexity index is 588. The van der Waals surface area contributed by atoms with Crippen molar-refractivity contribution in [3.8, 4) is 0 Å². The number of ether oxygens (including phenoxy) is 2. The topological polar surface area (TPSA) is 55.8 Å². The van der Waals surface area contributed by atoms with Crippen molar-refractivity contribution in [2.75, 3.05) is 26.3 Å². The summed E-state index contributed by atoms with van der Waals surface area (Å²) in [6.45, 7) is 2.04. The maximum absolute atomic E-state index is 12.6. The van der Waals surface area contributed by atoms with E-state index in [4.69, 9.17) is 9.47 Å². The highest BCUT2D eigenvalue weighted by atomic mass is 79.9. The third-order valence-corrected chi connectivity index (χ3v) is 6.12. The third kappa shape index (κ3) is 2.65. The quantitative estimate of drug-likeness (QED) is 0.807. The number of nitrogens with zero attached hydrogens (tertiary/aromatic N) is 1. The van der Waals surface area contributed by atoms with Crippen molar-refractivity contribution in [2.45, 2.75) is 23.5 Å². The summed E-state index contributed by atoms with van der Waals surface area (Å²) in [6, 6.07) is 6.78.